The van der Waals surface area contributed by atoms with E-state index < -0.39 is 9.89 Å². The largest absolute Gasteiger partial charge is 0.493 e. The molecule has 4 rings (SSSR count). The third-order valence-electron chi connectivity index (χ3n) is 4.55. The molecule has 2 heterocycles. The van der Waals surface area contributed by atoms with Crippen LogP contribution in [0.2, 0.25) is 0 Å². The molecule has 0 aliphatic rings. The number of rotatable bonds is 6. The topological polar surface area (TPSA) is 104 Å². The predicted molar refractivity (Wildman–Crippen MR) is 117 cm³/mol. The van der Waals surface area contributed by atoms with Crippen molar-refractivity contribution in [2.75, 3.05) is 18.9 Å². The molecule has 4 aromatic rings. The maximum absolute atomic E-state index is 11.6. The molecule has 29 heavy (non-hydrogen) atoms. The molecule has 8 nitrogen and oxygen atoms in total. The number of ether oxygens (including phenoxy) is 2. The van der Waals surface area contributed by atoms with Gasteiger partial charge < -0.3 is 18.8 Å². The average Bonchev–Trinajstić information content (AvgIpc) is 3.10. The maximum atomic E-state index is 11.6. The molecule has 0 radical (unpaired) electrons. The Morgan fingerprint density at radius 3 is 2.45 bits per heavy atom. The molecule has 0 spiro atoms. The fraction of sp³-hybridized carbons (Fsp3) is 0.150. The zero-order chi connectivity index (χ0) is 20.6. The van der Waals surface area contributed by atoms with Gasteiger partial charge in [0, 0.05) is 23.7 Å². The van der Waals surface area contributed by atoms with Crippen molar-refractivity contribution in [2.24, 2.45) is 5.14 Å². The lowest BCUT2D eigenvalue weighted by atomic mass is 10.1. The van der Waals surface area contributed by atoms with Gasteiger partial charge in [-0.05, 0) is 29.6 Å². The highest BCUT2D eigenvalue weighted by atomic mass is 32.2. The van der Waals surface area contributed by atoms with Gasteiger partial charge in [-0.3, -0.25) is 4.98 Å². The van der Waals surface area contributed by atoms with Crippen LogP contribution in [-0.2, 0) is 16.4 Å². The molecule has 0 amide bonds. The van der Waals surface area contributed by atoms with Crippen LogP contribution < -0.4 is 19.3 Å². The van der Waals surface area contributed by atoms with Crippen LogP contribution in [0.25, 0.3) is 21.9 Å². The summed E-state index contributed by atoms with van der Waals surface area (Å²) in [6, 6.07) is 11.3. The number of aromatic nitrogens is 3. The van der Waals surface area contributed by atoms with Crippen LogP contribution in [0.5, 0.6) is 11.5 Å². The van der Waals surface area contributed by atoms with Crippen molar-refractivity contribution in [3.63, 3.8) is 0 Å². The quantitative estimate of drug-likeness (QED) is 0.475. The molecule has 2 aromatic carbocycles. The number of methoxy groups -OCH3 is 2. The van der Waals surface area contributed by atoms with E-state index in [0.717, 1.165) is 27.5 Å². The number of nitrogens with zero attached hydrogens (tertiary/aromatic N) is 3. The number of hydrogen-bond donors (Lipinski definition) is 2. The van der Waals surface area contributed by atoms with Gasteiger partial charge >= 0.3 is 0 Å². The van der Waals surface area contributed by atoms with Crippen LogP contribution in [0.4, 0.5) is 5.69 Å². The molecule has 3 N–H and O–H groups in total. The van der Waals surface area contributed by atoms with Crippen molar-refractivity contribution in [3.05, 3.63) is 54.5 Å². The third kappa shape index (κ3) is 3.82. The van der Waals surface area contributed by atoms with E-state index in [0.29, 0.717) is 23.7 Å². The van der Waals surface area contributed by atoms with Gasteiger partial charge in [-0.25, -0.2) is 14.3 Å². The second kappa shape index (κ2) is 7.26. The van der Waals surface area contributed by atoms with Crippen molar-refractivity contribution >= 4 is 43.4 Å². The Balaban J connectivity index is 1.75. The highest BCUT2D eigenvalue weighted by Crippen LogP contribution is 2.34. The minimum Gasteiger partial charge on any atom is -0.493 e. The lowest BCUT2D eigenvalue weighted by Crippen LogP contribution is -2.21. The fourth-order valence-electron chi connectivity index (χ4n) is 3.27. The standard InChI is InChI=1S/C20H21N5O3S/c1-27-18-8-15-16(9-19(18)28-2)22-10-17-20(15)25(12-23-17)11-13-4-6-14(7-5-13)24-29(3,21)26/h4-10,12H,3,11H2,1-2H3,(H3,21,24,26). The maximum Gasteiger partial charge on any atom is 0.162 e. The number of nitrogens with two attached hydrogens (primary N) is 1. The van der Waals surface area contributed by atoms with E-state index in [2.05, 4.69) is 25.1 Å². The minimum absolute atomic E-state index is 0.604. The Bertz CT molecular complexity index is 1300. The van der Waals surface area contributed by atoms with E-state index in [1.807, 2.05) is 36.4 Å². The van der Waals surface area contributed by atoms with Crippen LogP contribution in [0.15, 0.2) is 48.9 Å². The molecular weight excluding hydrogens is 390 g/mol. The van der Waals surface area contributed by atoms with Gasteiger partial charge in [0.15, 0.2) is 11.5 Å². The first kappa shape index (κ1) is 19.0. The summed E-state index contributed by atoms with van der Waals surface area (Å²) in [4.78, 5) is 8.98. The van der Waals surface area contributed by atoms with Crippen molar-refractivity contribution in [3.8, 4) is 11.5 Å². The van der Waals surface area contributed by atoms with Gasteiger partial charge in [-0.2, -0.15) is 0 Å². The lowest BCUT2D eigenvalue weighted by molar-refractivity contribution is 0.356. The van der Waals surface area contributed by atoms with Crippen LogP contribution >= 0.6 is 0 Å². The van der Waals surface area contributed by atoms with Crippen LogP contribution in [-0.4, -0.2) is 38.8 Å². The Labute approximate surface area is 168 Å². The molecule has 2 aromatic heterocycles. The summed E-state index contributed by atoms with van der Waals surface area (Å²) in [7, 11) is 0.407. The third-order valence-corrected chi connectivity index (χ3v) is 5.13. The highest BCUT2D eigenvalue weighted by Gasteiger charge is 2.13. The van der Waals surface area contributed by atoms with E-state index in [1.54, 1.807) is 26.7 Å². The van der Waals surface area contributed by atoms with Crippen LogP contribution in [0, 0.1) is 0 Å². The molecule has 0 fully saturated rings. The van der Waals surface area contributed by atoms with E-state index in [4.69, 9.17) is 14.6 Å². The van der Waals surface area contributed by atoms with Crippen molar-refractivity contribution in [1.29, 1.82) is 0 Å². The number of imidazole rings is 1. The predicted octanol–water partition coefficient (Wildman–Crippen LogP) is 2.57. The van der Waals surface area contributed by atoms with Crippen molar-refractivity contribution < 1.29 is 13.7 Å². The summed E-state index contributed by atoms with van der Waals surface area (Å²) in [6.45, 7) is 0.604. The van der Waals surface area contributed by atoms with E-state index >= 15 is 0 Å². The molecule has 0 aliphatic carbocycles. The number of fused-ring (bicyclic) bond motifs is 3. The summed E-state index contributed by atoms with van der Waals surface area (Å²) in [5.74, 6) is 4.66. The smallest absolute Gasteiger partial charge is 0.162 e. The average molecular weight is 411 g/mol. The molecule has 1 unspecified atom stereocenters. The molecule has 0 bridgehead atoms. The Kier molecular flexibility index (Phi) is 4.77. The summed E-state index contributed by atoms with van der Waals surface area (Å²) < 4.78 is 27.2. The molecule has 1 atom stereocenters. The molecule has 0 saturated carbocycles. The molecular formula is C20H21N5O3S. The zero-order valence-electron chi connectivity index (χ0n) is 16.1. The normalized spacial score (nSPS) is 13.3. The van der Waals surface area contributed by atoms with Gasteiger partial charge in [0.25, 0.3) is 0 Å². The number of pyridine rings is 1. The van der Waals surface area contributed by atoms with E-state index in [-0.39, 0.29) is 0 Å². The van der Waals surface area contributed by atoms with Gasteiger partial charge in [0.1, 0.15) is 15.4 Å². The van der Waals surface area contributed by atoms with Gasteiger partial charge in [-0.15, -0.1) is 0 Å². The Morgan fingerprint density at radius 1 is 1.10 bits per heavy atom. The minimum atomic E-state index is -2.80. The first-order valence-electron chi connectivity index (χ1n) is 8.75. The number of anilines is 1. The van der Waals surface area contributed by atoms with E-state index in [1.165, 1.54) is 0 Å². The van der Waals surface area contributed by atoms with Crippen molar-refractivity contribution in [1.82, 2.24) is 14.5 Å². The first-order valence-corrected chi connectivity index (χ1v) is 10.5. The van der Waals surface area contributed by atoms with Gasteiger partial charge in [0.05, 0.1) is 37.8 Å². The van der Waals surface area contributed by atoms with Gasteiger partial charge in [0.2, 0.25) is 0 Å². The second-order valence-electron chi connectivity index (χ2n) is 6.61. The van der Waals surface area contributed by atoms with E-state index in [9.17, 15) is 4.21 Å². The summed E-state index contributed by atoms with van der Waals surface area (Å²) in [5.41, 5.74) is 4.25. The van der Waals surface area contributed by atoms with Crippen LogP contribution in [0.1, 0.15) is 5.56 Å². The molecule has 0 saturated heterocycles. The number of benzene rings is 2. The summed E-state index contributed by atoms with van der Waals surface area (Å²) in [6.07, 6.45) is 3.54. The SMILES string of the molecule is C=S(N)(=O)Nc1ccc(Cn2cnc3cnc4cc(OC)c(OC)cc4c32)cc1. The summed E-state index contributed by atoms with van der Waals surface area (Å²) >= 11 is 0. The monoisotopic (exact) mass is 411 g/mol. The lowest BCUT2D eigenvalue weighted by Gasteiger charge is -2.12. The molecule has 0 aliphatic heterocycles. The Morgan fingerprint density at radius 2 is 1.79 bits per heavy atom. The highest BCUT2D eigenvalue weighted by molar-refractivity contribution is 7.99. The number of nitrogens with one attached hydrogen (secondary N) is 1. The fourth-order valence-corrected chi connectivity index (χ4v) is 3.81. The second-order valence-corrected chi connectivity index (χ2v) is 8.27. The van der Waals surface area contributed by atoms with Gasteiger partial charge in [-0.1, -0.05) is 12.1 Å². The first-order chi connectivity index (χ1) is 13.9. The summed E-state index contributed by atoms with van der Waals surface area (Å²) in [5, 5.41) is 6.37. The number of hydrogen-bond acceptors (Lipinski definition) is 5. The van der Waals surface area contributed by atoms with Crippen molar-refractivity contribution in [2.45, 2.75) is 6.54 Å². The zero-order valence-corrected chi connectivity index (χ0v) is 16.9. The molecule has 150 valence electrons. The van der Waals surface area contributed by atoms with Crippen LogP contribution in [0.3, 0.4) is 0 Å². The Hall–Kier alpha value is -3.30. The molecule has 9 heteroatoms.